The van der Waals surface area contributed by atoms with Crippen LogP contribution in [0.5, 0.6) is 0 Å². The molecule has 0 aliphatic rings. The quantitative estimate of drug-likeness (QED) is 0.694. The predicted octanol–water partition coefficient (Wildman–Crippen LogP) is 2.88. The summed E-state index contributed by atoms with van der Waals surface area (Å²) in [6.07, 6.45) is 0.185. The molecule has 0 atom stereocenters. The maximum absolute atomic E-state index is 12.9. The fourth-order valence-electron chi connectivity index (χ4n) is 2.35. The van der Waals surface area contributed by atoms with Crippen LogP contribution in [0.25, 0.3) is 11.1 Å². The van der Waals surface area contributed by atoms with E-state index in [4.69, 9.17) is 9.68 Å². The zero-order valence-corrected chi connectivity index (χ0v) is 12.0. The lowest BCUT2D eigenvalue weighted by Crippen LogP contribution is -2.13. The van der Waals surface area contributed by atoms with E-state index in [2.05, 4.69) is 0 Å². The standard InChI is InChI=1S/C17H11FN2O3/c18-13-5-2-11(3-6-13)16(21)12-4-7-14-15(10-12)23-17(22)20(14)9-1-8-19/h2-7,10H,1,9H2. The largest absolute Gasteiger partial charge is 0.419 e. The van der Waals surface area contributed by atoms with Crippen LogP contribution in [-0.2, 0) is 6.54 Å². The van der Waals surface area contributed by atoms with E-state index in [9.17, 15) is 14.0 Å². The molecule has 0 fully saturated rings. The third-order valence-corrected chi connectivity index (χ3v) is 3.48. The Bertz CT molecular complexity index is 978. The van der Waals surface area contributed by atoms with Crippen LogP contribution in [0.3, 0.4) is 0 Å². The number of fused-ring (bicyclic) bond motifs is 1. The summed E-state index contributed by atoms with van der Waals surface area (Å²) in [5.74, 6) is -1.28. The van der Waals surface area contributed by atoms with Gasteiger partial charge in [0.2, 0.25) is 0 Å². The minimum Gasteiger partial charge on any atom is -0.408 e. The first-order valence-corrected chi connectivity index (χ1v) is 6.91. The fraction of sp³-hybridized carbons (Fsp3) is 0.118. The van der Waals surface area contributed by atoms with E-state index in [1.807, 2.05) is 6.07 Å². The lowest BCUT2D eigenvalue weighted by Gasteiger charge is -2.02. The maximum atomic E-state index is 12.9. The van der Waals surface area contributed by atoms with Crippen LogP contribution in [0.2, 0.25) is 0 Å². The van der Waals surface area contributed by atoms with E-state index in [0.717, 1.165) is 0 Å². The van der Waals surface area contributed by atoms with Crippen LogP contribution in [0.4, 0.5) is 4.39 Å². The van der Waals surface area contributed by atoms with E-state index >= 15 is 0 Å². The highest BCUT2D eigenvalue weighted by atomic mass is 19.1. The molecule has 0 bridgehead atoms. The predicted molar refractivity (Wildman–Crippen MR) is 80.5 cm³/mol. The molecule has 1 heterocycles. The summed E-state index contributed by atoms with van der Waals surface area (Å²) in [4.78, 5) is 24.2. The van der Waals surface area contributed by atoms with Gasteiger partial charge in [0.25, 0.3) is 0 Å². The van der Waals surface area contributed by atoms with E-state index in [-0.39, 0.29) is 24.3 Å². The van der Waals surface area contributed by atoms with Crippen molar-refractivity contribution in [3.63, 3.8) is 0 Å². The van der Waals surface area contributed by atoms with Gasteiger partial charge in [0.05, 0.1) is 18.0 Å². The van der Waals surface area contributed by atoms with Gasteiger partial charge in [-0.2, -0.15) is 5.26 Å². The highest BCUT2D eigenvalue weighted by Crippen LogP contribution is 2.18. The molecule has 23 heavy (non-hydrogen) atoms. The molecule has 114 valence electrons. The average molecular weight is 310 g/mol. The summed E-state index contributed by atoms with van der Waals surface area (Å²) in [5.41, 5.74) is 1.49. The number of aromatic nitrogens is 1. The Morgan fingerprint density at radius 1 is 1.17 bits per heavy atom. The van der Waals surface area contributed by atoms with Crippen LogP contribution < -0.4 is 5.76 Å². The lowest BCUT2D eigenvalue weighted by atomic mass is 10.0. The SMILES string of the molecule is N#CCCn1c(=O)oc2cc(C(=O)c3ccc(F)cc3)ccc21. The fourth-order valence-corrected chi connectivity index (χ4v) is 2.35. The smallest absolute Gasteiger partial charge is 0.408 e. The number of aryl methyl sites for hydroxylation is 1. The summed E-state index contributed by atoms with van der Waals surface area (Å²) in [6, 6.07) is 11.8. The monoisotopic (exact) mass is 310 g/mol. The number of halogens is 1. The van der Waals surface area contributed by atoms with Crippen LogP contribution in [-0.4, -0.2) is 10.4 Å². The minimum atomic E-state index is -0.568. The molecule has 1 aromatic heterocycles. The molecule has 3 aromatic rings. The summed E-state index contributed by atoms with van der Waals surface area (Å²) in [5, 5.41) is 8.62. The molecule has 0 aliphatic heterocycles. The molecular weight excluding hydrogens is 299 g/mol. The van der Waals surface area contributed by atoms with Gasteiger partial charge in [-0.15, -0.1) is 0 Å². The number of nitrogens with zero attached hydrogens (tertiary/aromatic N) is 2. The molecule has 3 rings (SSSR count). The summed E-state index contributed by atoms with van der Waals surface area (Å²) < 4.78 is 19.4. The number of nitriles is 1. The molecule has 0 aliphatic carbocycles. The molecule has 6 heteroatoms. The molecule has 2 aromatic carbocycles. The zero-order chi connectivity index (χ0) is 16.4. The Labute approximate surface area is 130 Å². The number of carbonyl (C=O) groups is 1. The van der Waals surface area contributed by atoms with Crippen molar-refractivity contribution in [2.24, 2.45) is 0 Å². The first kappa shape index (κ1) is 14.7. The molecule has 5 nitrogen and oxygen atoms in total. The van der Waals surface area contributed by atoms with Crippen molar-refractivity contribution in [2.45, 2.75) is 13.0 Å². The van der Waals surface area contributed by atoms with Gasteiger partial charge in [-0.3, -0.25) is 9.36 Å². The summed E-state index contributed by atoms with van der Waals surface area (Å²) >= 11 is 0. The van der Waals surface area contributed by atoms with Crippen molar-refractivity contribution in [3.8, 4) is 6.07 Å². The Hall–Kier alpha value is -3.20. The molecule has 0 saturated heterocycles. The third kappa shape index (κ3) is 2.77. The molecule has 0 amide bonds. The van der Waals surface area contributed by atoms with Crippen LogP contribution in [0, 0.1) is 17.1 Å². The van der Waals surface area contributed by atoms with Gasteiger partial charge in [0, 0.05) is 17.7 Å². The number of carbonyl (C=O) groups excluding carboxylic acids is 1. The van der Waals surface area contributed by atoms with Gasteiger partial charge < -0.3 is 4.42 Å². The Morgan fingerprint density at radius 3 is 2.57 bits per heavy atom. The maximum Gasteiger partial charge on any atom is 0.419 e. The zero-order valence-electron chi connectivity index (χ0n) is 12.0. The van der Waals surface area contributed by atoms with Crippen LogP contribution in [0.1, 0.15) is 22.3 Å². The topological polar surface area (TPSA) is 76.0 Å². The van der Waals surface area contributed by atoms with Crippen molar-refractivity contribution in [1.82, 2.24) is 4.57 Å². The van der Waals surface area contributed by atoms with Crippen molar-refractivity contribution >= 4 is 16.9 Å². The Balaban J connectivity index is 2.00. The number of hydrogen-bond donors (Lipinski definition) is 0. The molecule has 0 radical (unpaired) electrons. The van der Waals surface area contributed by atoms with Gasteiger partial charge in [0.15, 0.2) is 11.4 Å². The van der Waals surface area contributed by atoms with E-state index in [1.165, 1.54) is 34.9 Å². The van der Waals surface area contributed by atoms with E-state index in [1.54, 1.807) is 12.1 Å². The van der Waals surface area contributed by atoms with Gasteiger partial charge in [0.1, 0.15) is 5.82 Å². The molecular formula is C17H11FN2O3. The second-order valence-electron chi connectivity index (χ2n) is 4.95. The van der Waals surface area contributed by atoms with Gasteiger partial charge >= 0.3 is 5.76 Å². The second-order valence-corrected chi connectivity index (χ2v) is 4.95. The summed E-state index contributed by atoms with van der Waals surface area (Å²) in [6.45, 7) is 0.230. The number of hydrogen-bond acceptors (Lipinski definition) is 4. The average Bonchev–Trinajstić information content (AvgIpc) is 2.87. The molecule has 0 N–H and O–H groups in total. The second kappa shape index (κ2) is 5.89. The molecule has 0 saturated carbocycles. The highest BCUT2D eigenvalue weighted by molar-refractivity contribution is 6.10. The van der Waals surface area contributed by atoms with Crippen LogP contribution in [0.15, 0.2) is 51.7 Å². The normalized spacial score (nSPS) is 10.6. The number of ketones is 1. The first-order valence-electron chi connectivity index (χ1n) is 6.91. The highest BCUT2D eigenvalue weighted by Gasteiger charge is 2.14. The lowest BCUT2D eigenvalue weighted by molar-refractivity contribution is 0.103. The van der Waals surface area contributed by atoms with Gasteiger partial charge in [-0.25, -0.2) is 9.18 Å². The van der Waals surface area contributed by atoms with Crippen molar-refractivity contribution in [3.05, 3.63) is 70.0 Å². The van der Waals surface area contributed by atoms with E-state index in [0.29, 0.717) is 16.6 Å². The number of rotatable bonds is 4. The molecule has 0 unspecified atom stereocenters. The van der Waals surface area contributed by atoms with Crippen molar-refractivity contribution < 1.29 is 13.6 Å². The third-order valence-electron chi connectivity index (χ3n) is 3.48. The Kier molecular flexibility index (Phi) is 3.77. The van der Waals surface area contributed by atoms with Gasteiger partial charge in [-0.1, -0.05) is 0 Å². The van der Waals surface area contributed by atoms with Crippen molar-refractivity contribution in [1.29, 1.82) is 5.26 Å². The van der Waals surface area contributed by atoms with Crippen LogP contribution >= 0.6 is 0 Å². The number of benzene rings is 2. The first-order chi connectivity index (χ1) is 11.1. The van der Waals surface area contributed by atoms with Gasteiger partial charge in [-0.05, 0) is 42.5 Å². The molecule has 0 spiro atoms. The number of oxazole rings is 1. The Morgan fingerprint density at radius 2 is 1.87 bits per heavy atom. The minimum absolute atomic E-state index is 0.185. The van der Waals surface area contributed by atoms with E-state index < -0.39 is 11.6 Å². The summed E-state index contributed by atoms with van der Waals surface area (Å²) in [7, 11) is 0. The van der Waals surface area contributed by atoms with Crippen molar-refractivity contribution in [2.75, 3.05) is 0 Å².